The Balaban J connectivity index is 1.97. The quantitative estimate of drug-likeness (QED) is 0.907. The van der Waals surface area contributed by atoms with Gasteiger partial charge in [-0.1, -0.05) is 49.1 Å². The van der Waals surface area contributed by atoms with Crippen LogP contribution in [0.5, 0.6) is 0 Å². The number of Topliss-reactive ketones (excluding diaryl/α,β-unsaturated/α-hetero) is 1. The Morgan fingerprint density at radius 2 is 1.94 bits per heavy atom. The van der Waals surface area contributed by atoms with Gasteiger partial charge in [-0.3, -0.25) is 4.79 Å². The molecule has 1 saturated carbocycles. The highest BCUT2D eigenvalue weighted by Crippen LogP contribution is 2.27. The van der Waals surface area contributed by atoms with E-state index in [4.69, 9.17) is 11.6 Å². The summed E-state index contributed by atoms with van der Waals surface area (Å²) in [5.41, 5.74) is 0.805. The number of halogens is 1. The largest absolute Gasteiger partial charge is 0.385 e. The average Bonchev–Trinajstić information content (AvgIpc) is 2.41. The maximum atomic E-state index is 12.1. The maximum absolute atomic E-state index is 12.1. The minimum atomic E-state index is -0.818. The molecule has 0 saturated heterocycles. The van der Waals surface area contributed by atoms with Crippen LogP contribution in [0.1, 0.15) is 37.7 Å². The molecular formula is C15H19ClO2. The van der Waals surface area contributed by atoms with E-state index >= 15 is 0 Å². The number of aliphatic hydroxyl groups excluding tert-OH is 1. The molecule has 1 fully saturated rings. The van der Waals surface area contributed by atoms with Crippen molar-refractivity contribution in [3.05, 3.63) is 34.9 Å². The number of carbonyl (C=O) groups excluding carboxylic acids is 1. The van der Waals surface area contributed by atoms with Crippen molar-refractivity contribution < 1.29 is 9.90 Å². The van der Waals surface area contributed by atoms with E-state index in [1.165, 1.54) is 6.42 Å². The Morgan fingerprint density at radius 3 is 2.61 bits per heavy atom. The molecule has 98 valence electrons. The molecule has 0 spiro atoms. The van der Waals surface area contributed by atoms with E-state index in [0.717, 1.165) is 31.2 Å². The zero-order chi connectivity index (χ0) is 13.0. The molecule has 2 nitrogen and oxygen atoms in total. The van der Waals surface area contributed by atoms with Crippen LogP contribution in [0.3, 0.4) is 0 Å². The van der Waals surface area contributed by atoms with Crippen molar-refractivity contribution in [1.29, 1.82) is 0 Å². The van der Waals surface area contributed by atoms with E-state index in [1.807, 2.05) is 18.2 Å². The molecule has 2 rings (SSSR count). The Labute approximate surface area is 113 Å². The first-order valence-electron chi connectivity index (χ1n) is 6.62. The predicted octanol–water partition coefficient (Wildman–Crippen LogP) is 3.39. The van der Waals surface area contributed by atoms with Crippen LogP contribution in [-0.4, -0.2) is 17.0 Å². The molecule has 0 amide bonds. The van der Waals surface area contributed by atoms with Crippen molar-refractivity contribution in [2.75, 3.05) is 0 Å². The van der Waals surface area contributed by atoms with E-state index in [9.17, 15) is 9.90 Å². The molecule has 18 heavy (non-hydrogen) atoms. The van der Waals surface area contributed by atoms with Crippen LogP contribution in [0.15, 0.2) is 24.3 Å². The van der Waals surface area contributed by atoms with Gasteiger partial charge < -0.3 is 5.11 Å². The first-order valence-corrected chi connectivity index (χ1v) is 7.00. The second-order valence-corrected chi connectivity index (χ2v) is 5.48. The molecule has 1 aromatic rings. The number of aliphatic hydroxyl groups is 1. The Kier molecular flexibility index (Phi) is 4.79. The van der Waals surface area contributed by atoms with Crippen molar-refractivity contribution in [3.8, 4) is 0 Å². The average molecular weight is 267 g/mol. The summed E-state index contributed by atoms with van der Waals surface area (Å²) in [6.45, 7) is 0. The minimum absolute atomic E-state index is 0.102. The summed E-state index contributed by atoms with van der Waals surface area (Å²) in [5.74, 6) is 0.0451. The third-order valence-electron chi connectivity index (χ3n) is 3.75. The Bertz CT molecular complexity index is 411. The summed E-state index contributed by atoms with van der Waals surface area (Å²) in [6.07, 6.45) is 4.83. The molecule has 1 atom stereocenters. The van der Waals surface area contributed by atoms with Crippen molar-refractivity contribution in [1.82, 2.24) is 0 Å². The standard InChI is InChI=1S/C15H19ClO2/c16-13-9-5-4-8-12(13)10-14(17)15(18)11-6-2-1-3-7-11/h4-5,8-9,11,15,18H,1-3,6-7,10H2. The van der Waals surface area contributed by atoms with Crippen molar-refractivity contribution in [3.63, 3.8) is 0 Å². The Hall–Kier alpha value is -0.860. The van der Waals surface area contributed by atoms with E-state index in [1.54, 1.807) is 6.07 Å². The maximum Gasteiger partial charge on any atom is 0.165 e. The summed E-state index contributed by atoms with van der Waals surface area (Å²) < 4.78 is 0. The number of ketones is 1. The number of carbonyl (C=O) groups is 1. The summed E-state index contributed by atoms with van der Waals surface area (Å²) in [7, 11) is 0. The number of rotatable bonds is 4. The highest BCUT2D eigenvalue weighted by atomic mass is 35.5. The lowest BCUT2D eigenvalue weighted by atomic mass is 9.83. The van der Waals surface area contributed by atoms with Gasteiger partial charge in [0.1, 0.15) is 6.10 Å². The molecule has 1 N–H and O–H groups in total. The normalized spacial score (nSPS) is 18.6. The lowest BCUT2D eigenvalue weighted by Crippen LogP contribution is -2.32. The van der Waals surface area contributed by atoms with Crippen LogP contribution in [0.4, 0.5) is 0 Å². The lowest BCUT2D eigenvalue weighted by Gasteiger charge is -2.25. The topological polar surface area (TPSA) is 37.3 Å². The van der Waals surface area contributed by atoms with Crippen LogP contribution in [0.2, 0.25) is 5.02 Å². The fourth-order valence-electron chi connectivity index (χ4n) is 2.65. The van der Waals surface area contributed by atoms with Crippen LogP contribution in [0.25, 0.3) is 0 Å². The van der Waals surface area contributed by atoms with Crippen LogP contribution in [-0.2, 0) is 11.2 Å². The molecule has 1 aliphatic carbocycles. The highest BCUT2D eigenvalue weighted by Gasteiger charge is 2.27. The molecule has 3 heteroatoms. The van der Waals surface area contributed by atoms with Crippen molar-refractivity contribution in [2.45, 2.75) is 44.6 Å². The van der Waals surface area contributed by atoms with E-state index in [2.05, 4.69) is 0 Å². The van der Waals surface area contributed by atoms with Gasteiger partial charge in [0.15, 0.2) is 5.78 Å². The van der Waals surface area contributed by atoms with Gasteiger partial charge >= 0.3 is 0 Å². The second kappa shape index (κ2) is 6.35. The molecule has 0 aromatic heterocycles. The molecule has 1 aliphatic rings. The summed E-state index contributed by atoms with van der Waals surface area (Å²) in [4.78, 5) is 12.1. The number of hydrogen-bond acceptors (Lipinski definition) is 2. The Morgan fingerprint density at radius 1 is 1.28 bits per heavy atom. The van der Waals surface area contributed by atoms with Gasteiger partial charge in [-0.15, -0.1) is 0 Å². The summed E-state index contributed by atoms with van der Waals surface area (Å²) >= 11 is 6.02. The number of benzene rings is 1. The van der Waals surface area contributed by atoms with Gasteiger partial charge in [-0.2, -0.15) is 0 Å². The first kappa shape index (κ1) is 13.6. The zero-order valence-electron chi connectivity index (χ0n) is 10.4. The highest BCUT2D eigenvalue weighted by molar-refractivity contribution is 6.31. The zero-order valence-corrected chi connectivity index (χ0v) is 11.2. The van der Waals surface area contributed by atoms with Gasteiger partial charge in [0.05, 0.1) is 0 Å². The SMILES string of the molecule is O=C(Cc1ccccc1Cl)C(O)C1CCCCC1. The van der Waals surface area contributed by atoms with Gasteiger partial charge in [0.2, 0.25) is 0 Å². The smallest absolute Gasteiger partial charge is 0.165 e. The van der Waals surface area contributed by atoms with Crippen molar-refractivity contribution in [2.24, 2.45) is 5.92 Å². The van der Waals surface area contributed by atoms with E-state index in [0.29, 0.717) is 5.02 Å². The summed E-state index contributed by atoms with van der Waals surface area (Å²) in [6, 6.07) is 7.32. The predicted molar refractivity (Wildman–Crippen MR) is 72.7 cm³/mol. The van der Waals surface area contributed by atoms with Gasteiger partial charge in [-0.05, 0) is 30.4 Å². The van der Waals surface area contributed by atoms with Gasteiger partial charge in [0, 0.05) is 11.4 Å². The lowest BCUT2D eigenvalue weighted by molar-refractivity contribution is -0.129. The van der Waals surface area contributed by atoms with Gasteiger partial charge in [0.25, 0.3) is 0 Å². The van der Waals surface area contributed by atoms with Crippen LogP contribution in [0, 0.1) is 5.92 Å². The molecule has 1 unspecified atom stereocenters. The molecular weight excluding hydrogens is 248 g/mol. The van der Waals surface area contributed by atoms with Crippen LogP contribution < -0.4 is 0 Å². The van der Waals surface area contributed by atoms with Crippen LogP contribution >= 0.6 is 11.6 Å². The second-order valence-electron chi connectivity index (χ2n) is 5.08. The molecule has 0 aliphatic heterocycles. The molecule has 0 bridgehead atoms. The van der Waals surface area contributed by atoms with Gasteiger partial charge in [-0.25, -0.2) is 0 Å². The third-order valence-corrected chi connectivity index (χ3v) is 4.12. The molecule has 1 aromatic carbocycles. The van der Waals surface area contributed by atoms with Crippen molar-refractivity contribution >= 4 is 17.4 Å². The number of hydrogen-bond donors (Lipinski definition) is 1. The van der Waals surface area contributed by atoms with E-state index in [-0.39, 0.29) is 18.1 Å². The molecule has 0 radical (unpaired) electrons. The summed E-state index contributed by atoms with van der Waals surface area (Å²) in [5, 5.41) is 10.7. The molecule has 0 heterocycles. The fourth-order valence-corrected chi connectivity index (χ4v) is 2.85. The van der Waals surface area contributed by atoms with E-state index < -0.39 is 6.10 Å². The monoisotopic (exact) mass is 266 g/mol. The third kappa shape index (κ3) is 3.33. The minimum Gasteiger partial charge on any atom is -0.385 e. The first-order chi connectivity index (χ1) is 8.68. The fraction of sp³-hybridized carbons (Fsp3) is 0.533.